The number of hydrogen-bond donors (Lipinski definition) is 1. The van der Waals surface area contributed by atoms with Crippen LogP contribution in [0.25, 0.3) is 11.1 Å². The van der Waals surface area contributed by atoms with Crippen molar-refractivity contribution in [1.29, 1.82) is 0 Å². The first-order chi connectivity index (χ1) is 10.2. The van der Waals surface area contributed by atoms with Crippen LogP contribution in [0.3, 0.4) is 0 Å². The quantitative estimate of drug-likeness (QED) is 0.884. The molecule has 0 saturated carbocycles. The molecule has 0 aliphatic rings. The van der Waals surface area contributed by atoms with Crippen LogP contribution in [0.15, 0.2) is 36.4 Å². The molecule has 0 saturated heterocycles. The van der Waals surface area contributed by atoms with E-state index in [4.69, 9.17) is 21.4 Å². The van der Waals surface area contributed by atoms with Crippen LogP contribution in [0.4, 0.5) is 13.2 Å². The van der Waals surface area contributed by atoms with Gasteiger partial charge in [-0.05, 0) is 35.9 Å². The molecule has 1 N–H and O–H groups in total. The number of carbonyl (C=O) groups is 1. The van der Waals surface area contributed by atoms with Gasteiger partial charge in [0, 0.05) is 5.56 Å². The zero-order valence-corrected chi connectivity index (χ0v) is 12.0. The molecule has 7 heteroatoms. The van der Waals surface area contributed by atoms with Gasteiger partial charge in [-0.2, -0.15) is 13.2 Å². The predicted molar refractivity (Wildman–Crippen MR) is 75.4 cm³/mol. The van der Waals surface area contributed by atoms with Gasteiger partial charge >= 0.3 is 12.1 Å². The summed E-state index contributed by atoms with van der Waals surface area (Å²) < 4.78 is 43.5. The Kier molecular flexibility index (Phi) is 4.32. The average Bonchev–Trinajstić information content (AvgIpc) is 2.45. The van der Waals surface area contributed by atoms with Crippen LogP contribution in [-0.2, 0) is 6.18 Å². The van der Waals surface area contributed by atoms with Gasteiger partial charge < -0.3 is 9.84 Å². The summed E-state index contributed by atoms with van der Waals surface area (Å²) in [5.41, 5.74) is -0.452. The van der Waals surface area contributed by atoms with E-state index in [-0.39, 0.29) is 21.9 Å². The summed E-state index contributed by atoms with van der Waals surface area (Å²) in [5, 5.41) is 8.86. The van der Waals surface area contributed by atoms with Crippen molar-refractivity contribution >= 4 is 17.6 Å². The van der Waals surface area contributed by atoms with E-state index in [0.717, 1.165) is 12.1 Å². The lowest BCUT2D eigenvalue weighted by Gasteiger charge is -2.13. The van der Waals surface area contributed by atoms with E-state index in [1.807, 2.05) is 0 Å². The van der Waals surface area contributed by atoms with Gasteiger partial charge in [0.15, 0.2) is 0 Å². The van der Waals surface area contributed by atoms with Crippen molar-refractivity contribution in [3.05, 3.63) is 52.5 Å². The molecule has 0 bridgehead atoms. The van der Waals surface area contributed by atoms with Crippen LogP contribution in [0, 0.1) is 0 Å². The summed E-state index contributed by atoms with van der Waals surface area (Å²) in [4.78, 5) is 10.9. The second-order valence-electron chi connectivity index (χ2n) is 4.41. The number of alkyl halides is 3. The maximum Gasteiger partial charge on any atom is 0.416 e. The van der Waals surface area contributed by atoms with Crippen molar-refractivity contribution in [3.8, 4) is 16.9 Å². The largest absolute Gasteiger partial charge is 0.496 e. The van der Waals surface area contributed by atoms with Crippen LogP contribution < -0.4 is 4.74 Å². The van der Waals surface area contributed by atoms with Crippen molar-refractivity contribution < 1.29 is 27.8 Å². The minimum Gasteiger partial charge on any atom is -0.496 e. The highest BCUT2D eigenvalue weighted by molar-refractivity contribution is 6.33. The molecule has 0 unspecified atom stereocenters. The molecule has 0 amide bonds. The van der Waals surface area contributed by atoms with Crippen molar-refractivity contribution in [2.24, 2.45) is 0 Å². The lowest BCUT2D eigenvalue weighted by molar-refractivity contribution is -0.137. The van der Waals surface area contributed by atoms with E-state index in [9.17, 15) is 18.0 Å². The first kappa shape index (κ1) is 16.2. The summed E-state index contributed by atoms with van der Waals surface area (Å²) in [6, 6.07) is 6.97. The molecule has 22 heavy (non-hydrogen) atoms. The van der Waals surface area contributed by atoms with Crippen LogP contribution in [0.2, 0.25) is 5.02 Å². The molecular weight excluding hydrogens is 321 g/mol. The van der Waals surface area contributed by atoms with E-state index in [1.54, 1.807) is 0 Å². The number of hydrogen-bond acceptors (Lipinski definition) is 2. The van der Waals surface area contributed by atoms with Gasteiger partial charge in [0.05, 0.1) is 23.3 Å². The zero-order chi connectivity index (χ0) is 16.5. The summed E-state index contributed by atoms with van der Waals surface area (Å²) in [7, 11) is 1.33. The Hall–Kier alpha value is -2.21. The second kappa shape index (κ2) is 5.88. The third-order valence-corrected chi connectivity index (χ3v) is 3.35. The zero-order valence-electron chi connectivity index (χ0n) is 11.2. The van der Waals surface area contributed by atoms with Gasteiger partial charge in [0.1, 0.15) is 5.75 Å². The van der Waals surface area contributed by atoms with E-state index in [2.05, 4.69) is 0 Å². The number of benzene rings is 2. The molecular formula is C15H10ClF3O3. The molecule has 0 radical (unpaired) electrons. The van der Waals surface area contributed by atoms with Gasteiger partial charge in [-0.1, -0.05) is 17.7 Å². The monoisotopic (exact) mass is 330 g/mol. The minimum absolute atomic E-state index is 0.0653. The van der Waals surface area contributed by atoms with Gasteiger partial charge in [-0.3, -0.25) is 0 Å². The summed E-state index contributed by atoms with van der Waals surface area (Å²) >= 11 is 5.86. The maximum atomic E-state index is 12.8. The van der Waals surface area contributed by atoms with Gasteiger partial charge in [0.2, 0.25) is 0 Å². The standard InChI is InChI=1S/C15H10ClF3O3/c1-22-13-5-3-9(15(17,18)19)7-11(13)8-2-4-10(14(20)21)12(16)6-8/h2-7H,1H3,(H,20,21). The number of methoxy groups -OCH3 is 1. The number of carboxylic acid groups (broad SMARTS) is 1. The third kappa shape index (κ3) is 3.17. The van der Waals surface area contributed by atoms with Crippen LogP contribution in [0.1, 0.15) is 15.9 Å². The Labute approximate surface area is 128 Å². The molecule has 0 heterocycles. The molecule has 0 aliphatic heterocycles. The average molecular weight is 331 g/mol. The first-order valence-electron chi connectivity index (χ1n) is 6.02. The molecule has 0 aromatic heterocycles. The SMILES string of the molecule is COc1ccc(C(F)(F)F)cc1-c1ccc(C(=O)O)c(Cl)c1. The Bertz CT molecular complexity index is 726. The predicted octanol–water partition coefficient (Wildman–Crippen LogP) is 4.73. The van der Waals surface area contributed by atoms with E-state index in [0.29, 0.717) is 5.56 Å². The van der Waals surface area contributed by atoms with Crippen molar-refractivity contribution in [2.45, 2.75) is 6.18 Å². The Morgan fingerprint density at radius 3 is 2.36 bits per heavy atom. The Morgan fingerprint density at radius 2 is 1.86 bits per heavy atom. The first-order valence-corrected chi connectivity index (χ1v) is 6.40. The van der Waals surface area contributed by atoms with Crippen molar-refractivity contribution in [2.75, 3.05) is 7.11 Å². The number of ether oxygens (including phenoxy) is 1. The number of halogens is 4. The molecule has 0 spiro atoms. The van der Waals surface area contributed by atoms with Gasteiger partial charge in [-0.25, -0.2) is 4.79 Å². The Balaban J connectivity index is 2.60. The number of rotatable bonds is 3. The summed E-state index contributed by atoms with van der Waals surface area (Å²) in [5.74, 6) is -0.986. The highest BCUT2D eigenvalue weighted by atomic mass is 35.5. The second-order valence-corrected chi connectivity index (χ2v) is 4.82. The highest BCUT2D eigenvalue weighted by Gasteiger charge is 2.31. The lowest BCUT2D eigenvalue weighted by Crippen LogP contribution is -2.05. The smallest absolute Gasteiger partial charge is 0.416 e. The highest BCUT2D eigenvalue weighted by Crippen LogP contribution is 2.38. The number of aromatic carboxylic acids is 1. The maximum absolute atomic E-state index is 12.8. The molecule has 0 atom stereocenters. The molecule has 2 rings (SSSR count). The molecule has 3 nitrogen and oxygen atoms in total. The lowest BCUT2D eigenvalue weighted by atomic mass is 10.00. The molecule has 2 aromatic carbocycles. The van der Waals surface area contributed by atoms with E-state index in [1.165, 1.54) is 31.4 Å². The molecule has 0 fully saturated rings. The van der Waals surface area contributed by atoms with Crippen LogP contribution in [-0.4, -0.2) is 18.2 Å². The topological polar surface area (TPSA) is 46.5 Å². The fraction of sp³-hybridized carbons (Fsp3) is 0.133. The molecule has 2 aromatic rings. The van der Waals surface area contributed by atoms with Crippen LogP contribution in [0.5, 0.6) is 5.75 Å². The normalized spacial score (nSPS) is 11.3. The van der Waals surface area contributed by atoms with E-state index >= 15 is 0 Å². The minimum atomic E-state index is -4.49. The summed E-state index contributed by atoms with van der Waals surface area (Å²) in [6.45, 7) is 0. The van der Waals surface area contributed by atoms with Gasteiger partial charge in [0.25, 0.3) is 0 Å². The fourth-order valence-corrected chi connectivity index (χ4v) is 2.23. The molecule has 116 valence electrons. The number of carboxylic acids is 1. The van der Waals surface area contributed by atoms with Crippen molar-refractivity contribution in [3.63, 3.8) is 0 Å². The summed E-state index contributed by atoms with van der Waals surface area (Å²) in [6.07, 6.45) is -4.49. The van der Waals surface area contributed by atoms with Gasteiger partial charge in [-0.15, -0.1) is 0 Å². The molecule has 0 aliphatic carbocycles. The van der Waals surface area contributed by atoms with Crippen LogP contribution >= 0.6 is 11.6 Å². The third-order valence-electron chi connectivity index (χ3n) is 3.04. The van der Waals surface area contributed by atoms with Crippen molar-refractivity contribution in [1.82, 2.24) is 0 Å². The fourth-order valence-electron chi connectivity index (χ4n) is 1.97. The Morgan fingerprint density at radius 1 is 1.18 bits per heavy atom. The van der Waals surface area contributed by atoms with E-state index < -0.39 is 17.7 Å².